The van der Waals surface area contributed by atoms with E-state index in [0.29, 0.717) is 5.56 Å². The van der Waals surface area contributed by atoms with Crippen molar-refractivity contribution in [3.8, 4) is 0 Å². The van der Waals surface area contributed by atoms with Crippen molar-refractivity contribution in [3.63, 3.8) is 0 Å². The maximum atomic E-state index is 12.1. The summed E-state index contributed by atoms with van der Waals surface area (Å²) in [6, 6.07) is 0. The Morgan fingerprint density at radius 2 is 2.20 bits per heavy atom. The van der Waals surface area contributed by atoms with Crippen LogP contribution in [0.15, 0.2) is 6.20 Å². The highest BCUT2D eigenvalue weighted by molar-refractivity contribution is 5.95. The van der Waals surface area contributed by atoms with E-state index >= 15 is 0 Å². The number of nitrogens with one attached hydrogen (secondary N) is 2. The minimum absolute atomic E-state index is 0.00439. The van der Waals surface area contributed by atoms with Gasteiger partial charge >= 0.3 is 0 Å². The number of aryl methyl sites for hydroxylation is 2. The summed E-state index contributed by atoms with van der Waals surface area (Å²) in [4.78, 5) is 14.5. The number of rotatable bonds is 6. The highest BCUT2D eigenvalue weighted by atomic mass is 16.1. The van der Waals surface area contributed by atoms with Crippen molar-refractivity contribution in [1.82, 2.24) is 25.3 Å². The van der Waals surface area contributed by atoms with Crippen LogP contribution in [0.5, 0.6) is 0 Å². The molecule has 0 saturated carbocycles. The van der Waals surface area contributed by atoms with E-state index in [1.807, 2.05) is 14.0 Å². The van der Waals surface area contributed by atoms with Gasteiger partial charge in [-0.05, 0) is 19.4 Å². The first-order valence-electron chi connectivity index (χ1n) is 7.44. The SMILES string of the molecule is CCc1nn(C)cc1C(=O)NCCCN1CCNCC1. The van der Waals surface area contributed by atoms with Crippen LogP contribution < -0.4 is 10.6 Å². The third-order valence-corrected chi connectivity index (χ3v) is 3.63. The van der Waals surface area contributed by atoms with E-state index in [9.17, 15) is 4.79 Å². The highest BCUT2D eigenvalue weighted by Gasteiger charge is 2.14. The molecule has 0 aromatic carbocycles. The molecule has 0 spiro atoms. The molecular formula is C14H25N5O. The molecule has 0 aliphatic carbocycles. The topological polar surface area (TPSA) is 62.2 Å². The van der Waals surface area contributed by atoms with Gasteiger partial charge in [0, 0.05) is 46.0 Å². The summed E-state index contributed by atoms with van der Waals surface area (Å²) in [6.45, 7) is 8.15. The van der Waals surface area contributed by atoms with Crippen LogP contribution in [-0.4, -0.2) is 59.9 Å². The van der Waals surface area contributed by atoms with Crippen molar-refractivity contribution in [1.29, 1.82) is 0 Å². The zero-order chi connectivity index (χ0) is 14.4. The molecule has 2 N–H and O–H groups in total. The standard InChI is InChI=1S/C14H25N5O/c1-3-13-12(11-18(2)17-13)14(20)16-5-4-8-19-9-6-15-7-10-19/h11,15H,3-10H2,1-2H3,(H,16,20). The summed E-state index contributed by atoms with van der Waals surface area (Å²) in [7, 11) is 1.85. The van der Waals surface area contributed by atoms with Gasteiger partial charge in [0.15, 0.2) is 0 Å². The Kier molecular flexibility index (Phi) is 5.55. The zero-order valence-corrected chi connectivity index (χ0v) is 12.5. The van der Waals surface area contributed by atoms with E-state index in [1.165, 1.54) is 0 Å². The molecule has 1 aromatic rings. The van der Waals surface area contributed by atoms with Crippen molar-refractivity contribution < 1.29 is 4.79 Å². The van der Waals surface area contributed by atoms with Gasteiger partial charge in [-0.15, -0.1) is 0 Å². The largest absolute Gasteiger partial charge is 0.352 e. The zero-order valence-electron chi connectivity index (χ0n) is 12.5. The van der Waals surface area contributed by atoms with E-state index in [0.717, 1.165) is 57.8 Å². The lowest BCUT2D eigenvalue weighted by Gasteiger charge is -2.27. The molecule has 2 rings (SSSR count). The average molecular weight is 279 g/mol. The van der Waals surface area contributed by atoms with Gasteiger partial charge in [0.25, 0.3) is 5.91 Å². The Morgan fingerprint density at radius 3 is 2.90 bits per heavy atom. The Bertz CT molecular complexity index is 437. The third-order valence-electron chi connectivity index (χ3n) is 3.63. The maximum absolute atomic E-state index is 12.1. The minimum atomic E-state index is -0.00439. The second kappa shape index (κ2) is 7.40. The molecule has 0 bridgehead atoms. The average Bonchev–Trinajstić information content (AvgIpc) is 2.86. The van der Waals surface area contributed by atoms with Gasteiger partial charge in [0.05, 0.1) is 11.3 Å². The van der Waals surface area contributed by atoms with Crippen molar-refractivity contribution in [2.45, 2.75) is 19.8 Å². The van der Waals surface area contributed by atoms with Crippen LogP contribution >= 0.6 is 0 Å². The number of carbonyl (C=O) groups excluding carboxylic acids is 1. The Morgan fingerprint density at radius 1 is 1.45 bits per heavy atom. The summed E-state index contributed by atoms with van der Waals surface area (Å²) in [5.41, 5.74) is 1.57. The Hall–Kier alpha value is -1.40. The van der Waals surface area contributed by atoms with E-state index < -0.39 is 0 Å². The first-order chi connectivity index (χ1) is 9.70. The van der Waals surface area contributed by atoms with Crippen molar-refractivity contribution in [2.75, 3.05) is 39.3 Å². The molecule has 1 aromatic heterocycles. The number of amides is 1. The molecule has 6 heteroatoms. The Labute approximate surface area is 120 Å². The van der Waals surface area contributed by atoms with E-state index in [1.54, 1.807) is 10.9 Å². The van der Waals surface area contributed by atoms with Crippen LogP contribution in [0.1, 0.15) is 29.4 Å². The first kappa shape index (κ1) is 15.0. The molecule has 1 amide bonds. The van der Waals surface area contributed by atoms with E-state index in [2.05, 4.69) is 20.6 Å². The molecule has 1 aliphatic rings. The number of hydrogen-bond acceptors (Lipinski definition) is 4. The quantitative estimate of drug-likeness (QED) is 0.720. The molecule has 0 radical (unpaired) electrons. The number of carbonyl (C=O) groups is 1. The van der Waals surface area contributed by atoms with Crippen LogP contribution in [0.25, 0.3) is 0 Å². The van der Waals surface area contributed by atoms with Crippen molar-refractivity contribution in [3.05, 3.63) is 17.5 Å². The first-order valence-corrected chi connectivity index (χ1v) is 7.44. The van der Waals surface area contributed by atoms with Crippen LogP contribution in [0.3, 0.4) is 0 Å². The van der Waals surface area contributed by atoms with E-state index in [-0.39, 0.29) is 5.91 Å². The van der Waals surface area contributed by atoms with Gasteiger partial charge in [-0.2, -0.15) is 5.10 Å². The Balaban J connectivity index is 1.71. The normalized spacial score (nSPS) is 16.3. The van der Waals surface area contributed by atoms with Gasteiger partial charge < -0.3 is 15.5 Å². The lowest BCUT2D eigenvalue weighted by atomic mass is 10.2. The van der Waals surface area contributed by atoms with Gasteiger partial charge in [0.1, 0.15) is 0 Å². The molecule has 0 unspecified atom stereocenters. The van der Waals surface area contributed by atoms with Crippen molar-refractivity contribution in [2.24, 2.45) is 7.05 Å². The maximum Gasteiger partial charge on any atom is 0.254 e. The lowest BCUT2D eigenvalue weighted by Crippen LogP contribution is -2.44. The summed E-state index contributed by atoms with van der Waals surface area (Å²) >= 11 is 0. The van der Waals surface area contributed by atoms with Gasteiger partial charge in [-0.1, -0.05) is 6.92 Å². The predicted octanol–water partition coefficient (Wildman–Crippen LogP) is 0.00760. The monoisotopic (exact) mass is 279 g/mol. The van der Waals surface area contributed by atoms with Crippen LogP contribution in [-0.2, 0) is 13.5 Å². The van der Waals surface area contributed by atoms with Gasteiger partial charge in [0.2, 0.25) is 0 Å². The summed E-state index contributed by atoms with van der Waals surface area (Å²) in [6.07, 6.45) is 3.57. The van der Waals surface area contributed by atoms with Crippen LogP contribution in [0.4, 0.5) is 0 Å². The lowest BCUT2D eigenvalue weighted by molar-refractivity contribution is 0.0950. The second-order valence-corrected chi connectivity index (χ2v) is 5.22. The molecule has 0 atom stereocenters. The molecule has 1 aliphatic heterocycles. The number of piperazine rings is 1. The summed E-state index contributed by atoms with van der Waals surface area (Å²) < 4.78 is 1.70. The summed E-state index contributed by atoms with van der Waals surface area (Å²) in [5.74, 6) is -0.00439. The predicted molar refractivity (Wildman–Crippen MR) is 78.8 cm³/mol. The fourth-order valence-corrected chi connectivity index (χ4v) is 2.52. The molecule has 112 valence electrons. The van der Waals surface area contributed by atoms with Crippen LogP contribution in [0.2, 0.25) is 0 Å². The molecule has 1 fully saturated rings. The van der Waals surface area contributed by atoms with Gasteiger partial charge in [-0.25, -0.2) is 0 Å². The smallest absolute Gasteiger partial charge is 0.254 e. The van der Waals surface area contributed by atoms with Gasteiger partial charge in [-0.3, -0.25) is 9.48 Å². The highest BCUT2D eigenvalue weighted by Crippen LogP contribution is 2.06. The third kappa shape index (κ3) is 4.05. The molecular weight excluding hydrogens is 254 g/mol. The summed E-state index contributed by atoms with van der Waals surface area (Å²) in [5, 5.41) is 10.6. The fourth-order valence-electron chi connectivity index (χ4n) is 2.52. The number of aromatic nitrogens is 2. The number of nitrogens with zero attached hydrogens (tertiary/aromatic N) is 3. The molecule has 2 heterocycles. The van der Waals surface area contributed by atoms with E-state index in [4.69, 9.17) is 0 Å². The fraction of sp³-hybridized carbons (Fsp3) is 0.714. The molecule has 20 heavy (non-hydrogen) atoms. The molecule has 6 nitrogen and oxygen atoms in total. The second-order valence-electron chi connectivity index (χ2n) is 5.22. The van der Waals surface area contributed by atoms with Crippen molar-refractivity contribution >= 4 is 5.91 Å². The minimum Gasteiger partial charge on any atom is -0.352 e. The van der Waals surface area contributed by atoms with Crippen LogP contribution in [0, 0.1) is 0 Å². The number of hydrogen-bond donors (Lipinski definition) is 2. The molecule has 1 saturated heterocycles.